The van der Waals surface area contributed by atoms with Crippen molar-refractivity contribution in [2.45, 2.75) is 46.4 Å². The summed E-state index contributed by atoms with van der Waals surface area (Å²) in [5.74, 6) is -0.988. The van der Waals surface area contributed by atoms with Crippen molar-refractivity contribution in [2.24, 2.45) is 0 Å². The van der Waals surface area contributed by atoms with E-state index in [4.69, 9.17) is 69.6 Å². The molecule has 0 radical (unpaired) electrons. The monoisotopic (exact) mass is 650 g/mol. The van der Waals surface area contributed by atoms with Crippen LogP contribution in [-0.2, 0) is 0 Å². The number of carbonyl (C=O) groups excluding carboxylic acids is 2. The van der Waals surface area contributed by atoms with Crippen molar-refractivity contribution in [1.82, 2.24) is 21.3 Å². The molecule has 0 aliphatic carbocycles. The predicted octanol–water partition coefficient (Wildman–Crippen LogP) is 7.48. The standard InChI is InChI=1S/C24H26Cl6F2N4O2/c1-13-5-7-15(11-17(13)31)19(23(25,26)27)35-21(37)33-9-3-4-10-34-22(38)36-20(24(28,29)30)16-8-6-14(2)18(32)12-16/h5-8,11-12,19-20H,3-4,9-10H2,1-2H3,(H2,33,35,37)(H2,34,36,38)/t19-,20-/m0/s1. The number of nitrogens with one attached hydrogen (secondary N) is 4. The van der Waals surface area contributed by atoms with Crippen molar-refractivity contribution >= 4 is 81.7 Å². The van der Waals surface area contributed by atoms with Gasteiger partial charge < -0.3 is 21.3 Å². The third kappa shape index (κ3) is 10.3. The lowest BCUT2D eigenvalue weighted by Crippen LogP contribution is -2.43. The Bertz CT molecular complexity index is 1040. The maximum atomic E-state index is 14.0. The lowest BCUT2D eigenvalue weighted by atomic mass is 10.1. The Hall–Kier alpha value is -1.42. The second-order valence-corrected chi connectivity index (χ2v) is 13.2. The average Bonchev–Trinajstić information content (AvgIpc) is 2.80. The summed E-state index contributed by atoms with van der Waals surface area (Å²) in [6, 6.07) is 5.11. The largest absolute Gasteiger partial charge is 0.338 e. The van der Waals surface area contributed by atoms with Crippen molar-refractivity contribution < 1.29 is 18.4 Å². The van der Waals surface area contributed by atoms with Crippen LogP contribution < -0.4 is 21.3 Å². The van der Waals surface area contributed by atoms with Crippen LogP contribution in [-0.4, -0.2) is 32.7 Å². The Labute approximate surface area is 250 Å². The van der Waals surface area contributed by atoms with Crippen LogP contribution in [0.1, 0.15) is 47.2 Å². The molecule has 2 aromatic rings. The van der Waals surface area contributed by atoms with Gasteiger partial charge in [-0.05, 0) is 61.1 Å². The van der Waals surface area contributed by atoms with Gasteiger partial charge in [-0.25, -0.2) is 18.4 Å². The molecule has 4 N–H and O–H groups in total. The molecule has 0 fully saturated rings. The first-order chi connectivity index (χ1) is 17.6. The highest BCUT2D eigenvalue weighted by molar-refractivity contribution is 6.68. The molecule has 2 atom stereocenters. The van der Waals surface area contributed by atoms with Crippen LogP contribution in [0.3, 0.4) is 0 Å². The molecule has 0 heterocycles. The number of aryl methyl sites for hydroxylation is 2. The number of urea groups is 2. The molecule has 0 unspecified atom stereocenters. The minimum absolute atomic E-state index is 0.239. The Morgan fingerprint density at radius 1 is 0.711 bits per heavy atom. The highest BCUT2D eigenvalue weighted by atomic mass is 35.6. The number of halogens is 8. The molecule has 0 aliphatic rings. The Morgan fingerprint density at radius 2 is 1.05 bits per heavy atom. The highest BCUT2D eigenvalue weighted by Crippen LogP contribution is 2.41. The molecule has 2 aromatic carbocycles. The molecular formula is C24H26Cl6F2N4O2. The van der Waals surface area contributed by atoms with Crippen molar-refractivity contribution in [3.8, 4) is 0 Å². The smallest absolute Gasteiger partial charge is 0.315 e. The predicted molar refractivity (Wildman–Crippen MR) is 151 cm³/mol. The van der Waals surface area contributed by atoms with E-state index in [0.717, 1.165) is 0 Å². The van der Waals surface area contributed by atoms with Crippen LogP contribution in [0, 0.1) is 25.5 Å². The Balaban J connectivity index is 1.79. The van der Waals surface area contributed by atoms with E-state index in [1.807, 2.05) is 0 Å². The Kier molecular flexibility index (Phi) is 12.3. The average molecular weight is 653 g/mol. The van der Waals surface area contributed by atoms with Crippen LogP contribution in [0.15, 0.2) is 36.4 Å². The van der Waals surface area contributed by atoms with Crippen LogP contribution in [0.2, 0.25) is 0 Å². The molecule has 6 nitrogen and oxygen atoms in total. The summed E-state index contributed by atoms with van der Waals surface area (Å²) in [7, 11) is 0. The number of hydrogen-bond donors (Lipinski definition) is 4. The second kappa shape index (κ2) is 14.3. The molecule has 0 spiro atoms. The number of unbranched alkanes of at least 4 members (excludes halogenated alkanes) is 1. The summed E-state index contributed by atoms with van der Waals surface area (Å²) in [5, 5.41) is 10.3. The zero-order valence-electron chi connectivity index (χ0n) is 20.3. The van der Waals surface area contributed by atoms with Gasteiger partial charge in [0.15, 0.2) is 0 Å². The van der Waals surface area contributed by atoms with Gasteiger partial charge in [-0.15, -0.1) is 0 Å². The van der Waals surface area contributed by atoms with Gasteiger partial charge in [-0.3, -0.25) is 0 Å². The number of amides is 4. The topological polar surface area (TPSA) is 82.3 Å². The summed E-state index contributed by atoms with van der Waals surface area (Å²) >= 11 is 36.0. The van der Waals surface area contributed by atoms with Gasteiger partial charge in [0, 0.05) is 13.1 Å². The molecular weight excluding hydrogens is 627 g/mol. The molecule has 210 valence electrons. The van der Waals surface area contributed by atoms with E-state index >= 15 is 0 Å². The van der Waals surface area contributed by atoms with Crippen LogP contribution >= 0.6 is 69.6 Å². The molecule has 38 heavy (non-hydrogen) atoms. The second-order valence-electron chi connectivity index (χ2n) is 8.47. The third-order valence-electron chi connectivity index (χ3n) is 5.44. The minimum Gasteiger partial charge on any atom is -0.338 e. The van der Waals surface area contributed by atoms with Gasteiger partial charge in [0.1, 0.15) is 23.7 Å². The summed E-state index contributed by atoms with van der Waals surface area (Å²) in [6.45, 7) is 3.66. The van der Waals surface area contributed by atoms with E-state index < -0.39 is 43.4 Å². The van der Waals surface area contributed by atoms with Crippen molar-refractivity contribution in [2.75, 3.05) is 13.1 Å². The first kappa shape index (κ1) is 32.8. The van der Waals surface area contributed by atoms with E-state index in [0.29, 0.717) is 35.1 Å². The number of carbonyl (C=O) groups is 2. The van der Waals surface area contributed by atoms with Gasteiger partial charge >= 0.3 is 12.1 Å². The number of rotatable bonds is 9. The molecule has 14 heteroatoms. The summed E-state index contributed by atoms with van der Waals surface area (Å²) in [6.07, 6.45) is 0.977. The van der Waals surface area contributed by atoms with E-state index in [1.165, 1.54) is 24.3 Å². The van der Waals surface area contributed by atoms with E-state index in [2.05, 4.69) is 21.3 Å². The van der Waals surface area contributed by atoms with Crippen molar-refractivity contribution in [1.29, 1.82) is 0 Å². The SMILES string of the molecule is Cc1ccc([C@H](NC(=O)NCCCCNC(=O)N[C@@H](c2ccc(C)c(F)c2)C(Cl)(Cl)Cl)C(Cl)(Cl)Cl)cc1F. The first-order valence-electron chi connectivity index (χ1n) is 11.3. The van der Waals surface area contributed by atoms with E-state index in [1.54, 1.807) is 26.0 Å². The minimum atomic E-state index is -1.93. The summed E-state index contributed by atoms with van der Waals surface area (Å²) < 4.78 is 24.1. The van der Waals surface area contributed by atoms with Crippen molar-refractivity contribution in [3.05, 3.63) is 70.3 Å². The van der Waals surface area contributed by atoms with Crippen molar-refractivity contribution in [3.63, 3.8) is 0 Å². The van der Waals surface area contributed by atoms with Gasteiger partial charge in [0.2, 0.25) is 7.59 Å². The molecule has 0 saturated heterocycles. The maximum absolute atomic E-state index is 14.0. The molecule has 0 bridgehead atoms. The molecule has 0 saturated carbocycles. The lowest BCUT2D eigenvalue weighted by molar-refractivity contribution is 0.235. The third-order valence-corrected chi connectivity index (χ3v) is 6.75. The van der Waals surface area contributed by atoms with Gasteiger partial charge in [-0.1, -0.05) is 93.9 Å². The zero-order chi connectivity index (χ0) is 28.7. The fourth-order valence-electron chi connectivity index (χ4n) is 3.30. The molecule has 2 rings (SSSR count). The fraction of sp³-hybridized carbons (Fsp3) is 0.417. The molecule has 0 aliphatic heterocycles. The van der Waals surface area contributed by atoms with Crippen LogP contribution in [0.4, 0.5) is 18.4 Å². The fourth-order valence-corrected chi connectivity index (χ4v) is 4.39. The highest BCUT2D eigenvalue weighted by Gasteiger charge is 2.36. The summed E-state index contributed by atoms with van der Waals surface area (Å²) in [5.41, 5.74) is 1.41. The maximum Gasteiger partial charge on any atom is 0.315 e. The zero-order valence-corrected chi connectivity index (χ0v) is 24.8. The van der Waals surface area contributed by atoms with Gasteiger partial charge in [0.25, 0.3) is 0 Å². The lowest BCUT2D eigenvalue weighted by Gasteiger charge is -2.26. The summed E-state index contributed by atoms with van der Waals surface area (Å²) in [4.78, 5) is 24.7. The number of hydrogen-bond acceptors (Lipinski definition) is 2. The number of alkyl halides is 6. The first-order valence-corrected chi connectivity index (χ1v) is 13.6. The van der Waals surface area contributed by atoms with Gasteiger partial charge in [-0.2, -0.15) is 0 Å². The molecule has 4 amide bonds. The normalized spacial score (nSPS) is 13.4. The van der Waals surface area contributed by atoms with Gasteiger partial charge in [0.05, 0.1) is 0 Å². The van der Waals surface area contributed by atoms with E-state index in [-0.39, 0.29) is 13.1 Å². The van der Waals surface area contributed by atoms with Crippen LogP contribution in [0.5, 0.6) is 0 Å². The van der Waals surface area contributed by atoms with Crippen LogP contribution in [0.25, 0.3) is 0 Å². The molecule has 0 aromatic heterocycles. The van der Waals surface area contributed by atoms with E-state index in [9.17, 15) is 18.4 Å². The number of benzene rings is 2. The Morgan fingerprint density at radius 3 is 1.34 bits per heavy atom. The quantitative estimate of drug-likeness (QED) is 0.167.